The first-order valence-electron chi connectivity index (χ1n) is 5.78. The fraction of sp³-hybridized carbons (Fsp3) is 0.538. The van der Waals surface area contributed by atoms with E-state index >= 15 is 0 Å². The maximum Gasteiger partial charge on any atom is 0.303 e. The topological polar surface area (TPSA) is 61.8 Å². The van der Waals surface area contributed by atoms with Gasteiger partial charge < -0.3 is 14.2 Å². The first-order valence-corrected chi connectivity index (χ1v) is 5.78. The Balaban J connectivity index is 2.65. The molecule has 0 aromatic rings. The summed E-state index contributed by atoms with van der Waals surface area (Å²) in [5.74, 6) is -0.793. The standard InChI is InChI=1S/C13H18O5/c1-4-5-11-6-7-12(17-10(3)15)13(18-11)8-16-9(2)14/h4,6-7,11-13H,1,5,8H2,2-3H3/t11?,12-,13-/m1/s1. The lowest BCUT2D eigenvalue weighted by Crippen LogP contribution is -2.41. The van der Waals surface area contributed by atoms with Crippen LogP contribution in [0.2, 0.25) is 0 Å². The molecule has 100 valence electrons. The molecule has 0 fully saturated rings. The zero-order valence-electron chi connectivity index (χ0n) is 10.6. The SMILES string of the molecule is C=CCC1C=C[C@@H](OC(C)=O)[C@@H](COC(C)=O)O1. The zero-order valence-corrected chi connectivity index (χ0v) is 10.6. The van der Waals surface area contributed by atoms with Gasteiger partial charge in [-0.1, -0.05) is 12.2 Å². The van der Waals surface area contributed by atoms with E-state index in [9.17, 15) is 9.59 Å². The van der Waals surface area contributed by atoms with Crippen molar-refractivity contribution in [1.29, 1.82) is 0 Å². The third-order valence-electron chi connectivity index (χ3n) is 2.38. The Bertz CT molecular complexity index is 347. The molecule has 0 saturated carbocycles. The second kappa shape index (κ2) is 6.96. The molecule has 0 aromatic carbocycles. The van der Waals surface area contributed by atoms with E-state index in [0.29, 0.717) is 6.42 Å². The van der Waals surface area contributed by atoms with Crippen molar-refractivity contribution in [3.63, 3.8) is 0 Å². The summed E-state index contributed by atoms with van der Waals surface area (Å²) in [6.07, 6.45) is 4.84. The van der Waals surface area contributed by atoms with Crippen LogP contribution in [0.25, 0.3) is 0 Å². The smallest absolute Gasteiger partial charge is 0.303 e. The van der Waals surface area contributed by atoms with Crippen LogP contribution in [-0.4, -0.2) is 36.9 Å². The van der Waals surface area contributed by atoms with Crippen molar-refractivity contribution in [1.82, 2.24) is 0 Å². The number of ether oxygens (including phenoxy) is 3. The Hall–Kier alpha value is -1.62. The van der Waals surface area contributed by atoms with Crippen molar-refractivity contribution < 1.29 is 23.8 Å². The first kappa shape index (κ1) is 14.4. The van der Waals surface area contributed by atoms with Crippen molar-refractivity contribution in [2.24, 2.45) is 0 Å². The van der Waals surface area contributed by atoms with Crippen molar-refractivity contribution in [2.75, 3.05) is 6.61 Å². The van der Waals surface area contributed by atoms with Gasteiger partial charge in [0, 0.05) is 13.8 Å². The quantitative estimate of drug-likeness (QED) is 0.548. The molecule has 0 N–H and O–H groups in total. The van der Waals surface area contributed by atoms with Crippen LogP contribution in [0.5, 0.6) is 0 Å². The van der Waals surface area contributed by atoms with Gasteiger partial charge in [0.2, 0.25) is 0 Å². The Morgan fingerprint density at radius 2 is 2.06 bits per heavy atom. The molecule has 3 atom stereocenters. The maximum absolute atomic E-state index is 11.0. The number of carbonyl (C=O) groups excluding carboxylic acids is 2. The minimum absolute atomic E-state index is 0.0608. The Kier molecular flexibility index (Phi) is 5.58. The van der Waals surface area contributed by atoms with Crippen LogP contribution in [0, 0.1) is 0 Å². The predicted octanol–water partition coefficient (Wildman–Crippen LogP) is 1.38. The minimum Gasteiger partial charge on any atom is -0.463 e. The molecule has 1 aliphatic heterocycles. The molecule has 1 unspecified atom stereocenters. The van der Waals surface area contributed by atoms with Crippen molar-refractivity contribution in [2.45, 2.75) is 38.6 Å². The van der Waals surface area contributed by atoms with Crippen LogP contribution in [0.1, 0.15) is 20.3 Å². The van der Waals surface area contributed by atoms with E-state index in [0.717, 1.165) is 0 Å². The fourth-order valence-electron chi connectivity index (χ4n) is 1.64. The Labute approximate surface area is 106 Å². The summed E-state index contributed by atoms with van der Waals surface area (Å²) in [6, 6.07) is 0. The highest BCUT2D eigenvalue weighted by Gasteiger charge is 2.29. The predicted molar refractivity (Wildman–Crippen MR) is 64.8 cm³/mol. The lowest BCUT2D eigenvalue weighted by molar-refractivity contribution is -0.163. The van der Waals surface area contributed by atoms with E-state index in [1.807, 2.05) is 6.08 Å². The fourth-order valence-corrected chi connectivity index (χ4v) is 1.64. The van der Waals surface area contributed by atoms with E-state index in [1.54, 1.807) is 12.2 Å². The van der Waals surface area contributed by atoms with Crippen LogP contribution in [0.15, 0.2) is 24.8 Å². The molecule has 0 aliphatic carbocycles. The van der Waals surface area contributed by atoms with E-state index in [1.165, 1.54) is 13.8 Å². The van der Waals surface area contributed by atoms with E-state index in [2.05, 4.69) is 6.58 Å². The average Bonchev–Trinajstić information content (AvgIpc) is 2.28. The van der Waals surface area contributed by atoms with Gasteiger partial charge in [0.15, 0.2) is 0 Å². The molecule has 1 aliphatic rings. The van der Waals surface area contributed by atoms with Crippen LogP contribution in [0.4, 0.5) is 0 Å². The monoisotopic (exact) mass is 254 g/mol. The van der Waals surface area contributed by atoms with Crippen LogP contribution in [0.3, 0.4) is 0 Å². The van der Waals surface area contributed by atoms with Gasteiger partial charge in [0.25, 0.3) is 0 Å². The molecule has 0 aromatic heterocycles. The van der Waals surface area contributed by atoms with E-state index < -0.39 is 24.1 Å². The second-order valence-corrected chi connectivity index (χ2v) is 4.00. The molecule has 5 heteroatoms. The Morgan fingerprint density at radius 3 is 2.61 bits per heavy atom. The molecular formula is C13H18O5. The van der Waals surface area contributed by atoms with Crippen LogP contribution >= 0.6 is 0 Å². The normalized spacial score (nSPS) is 26.4. The summed E-state index contributed by atoms with van der Waals surface area (Å²) < 4.78 is 15.7. The summed E-state index contributed by atoms with van der Waals surface area (Å²) in [6.45, 7) is 6.34. The van der Waals surface area contributed by atoms with Gasteiger partial charge in [-0.3, -0.25) is 9.59 Å². The van der Waals surface area contributed by atoms with Gasteiger partial charge in [-0.25, -0.2) is 0 Å². The summed E-state index contributed by atoms with van der Waals surface area (Å²) in [4.78, 5) is 21.8. The number of esters is 2. The molecule has 1 heterocycles. The van der Waals surface area contributed by atoms with E-state index in [4.69, 9.17) is 14.2 Å². The lowest BCUT2D eigenvalue weighted by Gasteiger charge is -2.31. The molecule has 1 rings (SSSR count). The highest BCUT2D eigenvalue weighted by atomic mass is 16.6. The van der Waals surface area contributed by atoms with Gasteiger partial charge in [-0.2, -0.15) is 0 Å². The number of carbonyl (C=O) groups is 2. The number of rotatable bonds is 5. The summed E-state index contributed by atoms with van der Waals surface area (Å²) >= 11 is 0. The largest absolute Gasteiger partial charge is 0.463 e. The Morgan fingerprint density at radius 1 is 1.33 bits per heavy atom. The van der Waals surface area contributed by atoms with Gasteiger partial charge in [-0.05, 0) is 12.5 Å². The highest BCUT2D eigenvalue weighted by Crippen LogP contribution is 2.19. The molecule has 0 amide bonds. The molecular weight excluding hydrogens is 236 g/mol. The van der Waals surface area contributed by atoms with Crippen molar-refractivity contribution in [3.8, 4) is 0 Å². The molecule has 18 heavy (non-hydrogen) atoms. The first-order chi connectivity index (χ1) is 8.52. The van der Waals surface area contributed by atoms with Crippen LogP contribution < -0.4 is 0 Å². The van der Waals surface area contributed by atoms with E-state index in [-0.39, 0.29) is 12.7 Å². The number of hydrogen-bond donors (Lipinski definition) is 0. The number of hydrogen-bond acceptors (Lipinski definition) is 5. The highest BCUT2D eigenvalue weighted by molar-refractivity contribution is 5.66. The third-order valence-corrected chi connectivity index (χ3v) is 2.38. The van der Waals surface area contributed by atoms with Gasteiger partial charge in [0.1, 0.15) is 18.8 Å². The molecule has 0 spiro atoms. The van der Waals surface area contributed by atoms with Gasteiger partial charge >= 0.3 is 11.9 Å². The summed E-state index contributed by atoms with van der Waals surface area (Å²) in [5, 5.41) is 0. The molecule has 5 nitrogen and oxygen atoms in total. The third kappa shape index (κ3) is 4.71. The second-order valence-electron chi connectivity index (χ2n) is 4.00. The average molecular weight is 254 g/mol. The van der Waals surface area contributed by atoms with Crippen molar-refractivity contribution in [3.05, 3.63) is 24.8 Å². The summed E-state index contributed by atoms with van der Waals surface area (Å²) in [5.41, 5.74) is 0. The zero-order chi connectivity index (χ0) is 13.5. The van der Waals surface area contributed by atoms with Gasteiger partial charge in [-0.15, -0.1) is 6.58 Å². The maximum atomic E-state index is 11.0. The van der Waals surface area contributed by atoms with Crippen molar-refractivity contribution >= 4 is 11.9 Å². The van der Waals surface area contributed by atoms with Gasteiger partial charge in [0.05, 0.1) is 6.10 Å². The summed E-state index contributed by atoms with van der Waals surface area (Å²) in [7, 11) is 0. The molecule has 0 saturated heterocycles. The minimum atomic E-state index is -0.525. The molecule has 0 bridgehead atoms. The lowest BCUT2D eigenvalue weighted by atomic mass is 10.1. The molecule has 0 radical (unpaired) electrons. The van der Waals surface area contributed by atoms with Crippen LogP contribution in [-0.2, 0) is 23.8 Å².